The van der Waals surface area contributed by atoms with E-state index in [2.05, 4.69) is 111 Å². The van der Waals surface area contributed by atoms with Crippen molar-refractivity contribution in [2.45, 2.75) is 134 Å². The van der Waals surface area contributed by atoms with E-state index in [4.69, 9.17) is 26.9 Å². The summed E-state index contributed by atoms with van der Waals surface area (Å²) in [5.74, 6) is -1.87. The predicted molar refractivity (Wildman–Crippen MR) is 382 cm³/mol. The van der Waals surface area contributed by atoms with E-state index in [1.807, 2.05) is 0 Å². The maximum absolute atomic E-state index is 13.8. The molecule has 8 N–H and O–H groups in total. The zero-order valence-electron chi connectivity index (χ0n) is 59.2. The summed E-state index contributed by atoms with van der Waals surface area (Å²) in [6.07, 6.45) is -19.1. The Labute approximate surface area is 631 Å². The third-order valence-electron chi connectivity index (χ3n) is 17.8. The number of hydrogen-bond acceptors (Lipinski definition) is 18. The minimum absolute atomic E-state index is 0.0262. The molecule has 6 aromatic heterocycles. The molecular weight excluding hydrogens is 1560 g/mol. The second kappa shape index (κ2) is 33.0. The summed E-state index contributed by atoms with van der Waals surface area (Å²) in [6.45, 7) is 10.8. The molecule has 0 fully saturated rings. The number of carbonyl (C=O) groups excluding carboxylic acids is 2. The fraction of sp³-hybridized carbons (Fsp3) is 0.333. The summed E-state index contributed by atoms with van der Waals surface area (Å²) in [5.41, 5.74) is -4.12. The van der Waals surface area contributed by atoms with Crippen LogP contribution in [0.15, 0.2) is 110 Å². The molecular formula is C72H65F18N15O5SSi. The third kappa shape index (κ3) is 20.8. The van der Waals surface area contributed by atoms with Crippen molar-refractivity contribution in [3.63, 3.8) is 0 Å². The molecule has 9 heterocycles. The van der Waals surface area contributed by atoms with Gasteiger partial charge >= 0.3 is 37.1 Å². The van der Waals surface area contributed by atoms with Gasteiger partial charge < -0.3 is 46.5 Å². The minimum Gasteiger partial charge on any atom is -0.417 e. The maximum Gasteiger partial charge on any atom is 0.435 e. The van der Waals surface area contributed by atoms with Crippen LogP contribution >= 0.6 is 12.2 Å². The van der Waals surface area contributed by atoms with Crippen molar-refractivity contribution in [1.29, 1.82) is 0 Å². The van der Waals surface area contributed by atoms with E-state index in [9.17, 15) is 88.6 Å². The first-order valence-corrected chi connectivity index (χ1v) is 37.0. The molecule has 0 radical (unpaired) electrons. The van der Waals surface area contributed by atoms with Gasteiger partial charge in [0, 0.05) is 102 Å². The fourth-order valence-corrected chi connectivity index (χ4v) is 12.7. The zero-order chi connectivity index (χ0) is 81.8. The highest BCUT2D eigenvalue weighted by atomic mass is 32.1. The number of aliphatic hydroxyl groups is 2. The topological polar surface area (TPSA) is 272 Å². The maximum atomic E-state index is 13.8. The van der Waals surface area contributed by atoms with Crippen molar-refractivity contribution in [2.75, 3.05) is 51.7 Å². The smallest absolute Gasteiger partial charge is 0.417 e. The van der Waals surface area contributed by atoms with E-state index < -0.39 is 96.6 Å². The Morgan fingerprint density at radius 1 is 0.429 bits per heavy atom. The number of nitrogens with zero attached hydrogens (tertiary/aromatic N) is 9. The van der Waals surface area contributed by atoms with Gasteiger partial charge in [-0.3, -0.25) is 9.59 Å². The molecule has 0 saturated heterocycles. The molecule has 112 heavy (non-hydrogen) atoms. The van der Waals surface area contributed by atoms with Gasteiger partial charge in [-0.2, -0.15) is 79.0 Å². The first kappa shape index (κ1) is 83.9. The molecule has 40 heteroatoms. The summed E-state index contributed by atoms with van der Waals surface area (Å²) < 4.78 is 248. The average molecular weight is 1620 g/mol. The molecule has 3 aliphatic rings. The Balaban J connectivity index is 0.000000179. The average Bonchev–Trinajstić information content (AvgIpc) is 1.53. The van der Waals surface area contributed by atoms with Gasteiger partial charge in [0.2, 0.25) is 29.7 Å². The fourth-order valence-electron chi connectivity index (χ4n) is 11.3. The number of halogens is 18. The number of carbonyl (C=O) groups is 2. The van der Waals surface area contributed by atoms with Gasteiger partial charge in [0.15, 0.2) is 25.4 Å². The number of benzene rings is 3. The van der Waals surface area contributed by atoms with Crippen molar-refractivity contribution in [2.24, 2.45) is 0 Å². The van der Waals surface area contributed by atoms with Gasteiger partial charge in [-0.15, -0.1) is 0 Å². The van der Waals surface area contributed by atoms with Crippen molar-refractivity contribution < 1.29 is 103 Å². The van der Waals surface area contributed by atoms with Crippen molar-refractivity contribution >= 4 is 89.3 Å². The molecule has 0 spiro atoms. The summed E-state index contributed by atoms with van der Waals surface area (Å²) in [6, 6.07) is 12.4. The molecule has 2 amide bonds. The lowest BCUT2D eigenvalue weighted by Crippen LogP contribution is -2.41. The van der Waals surface area contributed by atoms with E-state index in [0.717, 1.165) is 60.9 Å². The Hall–Kier alpha value is -10.6. The van der Waals surface area contributed by atoms with E-state index in [-0.39, 0.29) is 129 Å². The number of fused-ring (bicyclic) bond motifs is 9. The number of rotatable bonds is 17. The molecule has 594 valence electrons. The SMILES string of the molecule is CC(C)(C)[Si](C)(C)OCCCc1cnc(C(F)(F)F)c(Nc2ncc3c(n2)-c2ccc(C(F)(F)F)cc2NC(=O)C3)c1.O=C1Cc2cnc(Nc3cc(CCCO)cnc3C(F)(F)F)nc2-c2ccc(C(F)(F)F)cc2N1.OCCCc1cnc(C(F)(F)F)c(Nc2ncc3c(n2)-c2ccc(C(F)(F)F)cc2NC(=S)C3)c1. The Morgan fingerprint density at radius 2 is 0.741 bits per heavy atom. The molecule has 0 aliphatic carbocycles. The number of pyridine rings is 3. The van der Waals surface area contributed by atoms with Crippen molar-refractivity contribution in [1.82, 2.24) is 44.9 Å². The van der Waals surface area contributed by atoms with Gasteiger partial charge in [-0.25, -0.2) is 44.9 Å². The quantitative estimate of drug-likeness (QED) is 0.0182. The highest BCUT2D eigenvalue weighted by Crippen LogP contribution is 2.45. The third-order valence-corrected chi connectivity index (χ3v) is 22.6. The number of amides is 2. The van der Waals surface area contributed by atoms with Crippen LogP contribution in [0.4, 0.5) is 131 Å². The number of hydrogen-bond donors (Lipinski definition) is 8. The Kier molecular flexibility index (Phi) is 24.7. The summed E-state index contributed by atoms with van der Waals surface area (Å²) >= 11 is 5.21. The molecule has 0 unspecified atom stereocenters. The normalized spacial score (nSPS) is 13.7. The van der Waals surface area contributed by atoms with E-state index in [0.29, 0.717) is 72.1 Å². The molecule has 0 bridgehead atoms. The summed E-state index contributed by atoms with van der Waals surface area (Å²) in [5, 5.41) is 33.2. The number of alkyl halides is 18. The number of aryl methyl sites for hydroxylation is 3. The van der Waals surface area contributed by atoms with Crippen LogP contribution < -0.4 is 31.9 Å². The summed E-state index contributed by atoms with van der Waals surface area (Å²) in [4.78, 5) is 60.5. The lowest BCUT2D eigenvalue weighted by molar-refractivity contribution is -0.141. The zero-order valence-corrected chi connectivity index (χ0v) is 61.0. The van der Waals surface area contributed by atoms with Crippen LogP contribution in [0.1, 0.15) is 107 Å². The van der Waals surface area contributed by atoms with Crippen LogP contribution in [-0.2, 0) is 89.6 Å². The van der Waals surface area contributed by atoms with Crippen LogP contribution in [0.3, 0.4) is 0 Å². The van der Waals surface area contributed by atoms with Gasteiger partial charge in [0.05, 0.1) is 80.0 Å². The van der Waals surface area contributed by atoms with Gasteiger partial charge in [0.1, 0.15) is 0 Å². The van der Waals surface area contributed by atoms with Crippen LogP contribution in [0.2, 0.25) is 18.1 Å². The Morgan fingerprint density at radius 3 is 1.04 bits per heavy atom. The molecule has 12 rings (SSSR count). The second-order valence-electron chi connectivity index (χ2n) is 27.1. The predicted octanol–water partition coefficient (Wildman–Crippen LogP) is 18.0. The number of aliphatic hydroxyl groups excluding tert-OH is 2. The van der Waals surface area contributed by atoms with E-state index in [1.165, 1.54) is 49.1 Å². The Bertz CT molecular complexity index is 4820. The molecule has 3 aliphatic heterocycles. The molecule has 20 nitrogen and oxygen atoms in total. The van der Waals surface area contributed by atoms with E-state index in [1.54, 1.807) is 0 Å². The lowest BCUT2D eigenvalue weighted by atomic mass is 10.0. The first-order valence-electron chi connectivity index (χ1n) is 33.7. The standard InChI is InChI=1S/C28H31F6N5O2Si.C22H17F6N5O2.C22H17F6N5OS/c1-26(2,3)42(4,5)41-10-6-7-16-11-21(24(35-14-16)28(32,33)34)38-25-36-15-17-12-22(40)37-20-13-18(27(29,30)31)8-9-19(20)23(17)39-25;2*23-21(24,25)13-3-4-14-15(8-13)31-17(35)7-12-10-30-20(33-18(12)14)32-16-6-11(2-1-5-34)9-29-19(16)22(26,27)28/h8-9,11,13-15H,6-7,10,12H2,1-5H3,(H,37,40)(H,36,38,39);2*3-4,6,8-10,34H,1-2,5,7H2,(H,31,35)(H,30,32,33). The number of aromatic nitrogens is 9. The van der Waals surface area contributed by atoms with Crippen LogP contribution in [0.5, 0.6) is 0 Å². The van der Waals surface area contributed by atoms with E-state index >= 15 is 0 Å². The van der Waals surface area contributed by atoms with Gasteiger partial charge in [-0.05, 0) is 128 Å². The number of thiocarbonyl (C=S) groups is 1. The van der Waals surface area contributed by atoms with Crippen LogP contribution in [0.25, 0.3) is 33.8 Å². The monoisotopic (exact) mass is 1620 g/mol. The first-order chi connectivity index (χ1) is 52.3. The summed E-state index contributed by atoms with van der Waals surface area (Å²) in [7, 11) is -1.97. The van der Waals surface area contributed by atoms with Gasteiger partial charge in [-0.1, -0.05) is 51.2 Å². The van der Waals surface area contributed by atoms with Crippen molar-refractivity contribution in [3.8, 4) is 33.8 Å². The largest absolute Gasteiger partial charge is 0.435 e. The number of anilines is 9. The van der Waals surface area contributed by atoms with Crippen LogP contribution in [-0.4, -0.2) is 100 Å². The van der Waals surface area contributed by atoms with Crippen molar-refractivity contribution in [3.05, 3.63) is 177 Å². The highest BCUT2D eigenvalue weighted by Gasteiger charge is 2.42. The molecule has 0 atom stereocenters. The lowest BCUT2D eigenvalue weighted by Gasteiger charge is -2.36. The molecule has 3 aromatic carbocycles. The van der Waals surface area contributed by atoms with Gasteiger partial charge in [0.25, 0.3) is 0 Å². The van der Waals surface area contributed by atoms with Crippen LogP contribution in [0, 0.1) is 0 Å². The highest BCUT2D eigenvalue weighted by molar-refractivity contribution is 7.80. The molecule has 0 saturated carbocycles. The number of nitrogens with one attached hydrogen (secondary N) is 6. The molecule has 9 aromatic rings. The second-order valence-corrected chi connectivity index (χ2v) is 32.4. The minimum atomic E-state index is -4.79.